The number of hydrogen-bond donors (Lipinski definition) is 2. The zero-order valence-corrected chi connectivity index (χ0v) is 16.5. The highest BCUT2D eigenvalue weighted by Crippen LogP contribution is 2.39. The van der Waals surface area contributed by atoms with Crippen LogP contribution in [0.5, 0.6) is 5.88 Å². The van der Waals surface area contributed by atoms with Gasteiger partial charge in [-0.2, -0.15) is 5.10 Å². The molecule has 3 aromatic rings. The van der Waals surface area contributed by atoms with Gasteiger partial charge in [0.1, 0.15) is 29.0 Å². The van der Waals surface area contributed by atoms with Gasteiger partial charge in [-0.3, -0.25) is 5.10 Å². The van der Waals surface area contributed by atoms with Crippen LogP contribution >= 0.6 is 0 Å². The van der Waals surface area contributed by atoms with Crippen molar-refractivity contribution in [3.05, 3.63) is 24.5 Å². The summed E-state index contributed by atoms with van der Waals surface area (Å²) in [5.74, 6) is 1.54. The number of nitrogens with one attached hydrogen (secondary N) is 2. The van der Waals surface area contributed by atoms with Crippen LogP contribution in [0.4, 0.5) is 5.82 Å². The van der Waals surface area contributed by atoms with Crippen molar-refractivity contribution in [1.82, 2.24) is 30.5 Å². The Kier molecular flexibility index (Phi) is 3.80. The van der Waals surface area contributed by atoms with E-state index in [-0.39, 0.29) is 11.1 Å². The highest BCUT2D eigenvalue weighted by Gasteiger charge is 2.40. The molecule has 4 heterocycles. The lowest BCUT2D eigenvalue weighted by molar-refractivity contribution is 0.192. The Bertz CT molecular complexity index is 1020. The van der Waals surface area contributed by atoms with Crippen LogP contribution in [0, 0.1) is 0 Å². The number of H-pyrrole nitrogens is 1. The van der Waals surface area contributed by atoms with Crippen molar-refractivity contribution < 1.29 is 4.74 Å². The van der Waals surface area contributed by atoms with Crippen molar-refractivity contribution in [1.29, 1.82) is 0 Å². The molecule has 3 aromatic heterocycles. The highest BCUT2D eigenvalue weighted by molar-refractivity contribution is 5.89. The maximum Gasteiger partial charge on any atom is 0.214 e. The summed E-state index contributed by atoms with van der Waals surface area (Å²) >= 11 is 0. The number of anilines is 1. The Labute approximate surface area is 163 Å². The number of pyridine rings is 1. The van der Waals surface area contributed by atoms with Crippen molar-refractivity contribution >= 4 is 16.9 Å². The first-order chi connectivity index (χ1) is 13.4. The molecular formula is C20H25N7O. The van der Waals surface area contributed by atoms with Crippen LogP contribution in [0.25, 0.3) is 22.4 Å². The fraction of sp³-hybridized carbons (Fsp3) is 0.500. The van der Waals surface area contributed by atoms with Crippen LogP contribution in [0.2, 0.25) is 0 Å². The maximum absolute atomic E-state index is 6.02. The van der Waals surface area contributed by atoms with Crippen LogP contribution in [0.1, 0.15) is 33.6 Å². The third-order valence-corrected chi connectivity index (χ3v) is 5.48. The number of aromatic nitrogens is 5. The van der Waals surface area contributed by atoms with Gasteiger partial charge in [0, 0.05) is 37.3 Å². The van der Waals surface area contributed by atoms with Gasteiger partial charge in [0.25, 0.3) is 0 Å². The molecule has 0 unspecified atom stereocenters. The smallest absolute Gasteiger partial charge is 0.214 e. The van der Waals surface area contributed by atoms with Crippen molar-refractivity contribution in [3.8, 4) is 17.3 Å². The summed E-state index contributed by atoms with van der Waals surface area (Å²) in [5, 5.41) is 11.0. The van der Waals surface area contributed by atoms with Crippen molar-refractivity contribution in [2.75, 3.05) is 24.5 Å². The number of piperazine rings is 1. The molecule has 8 nitrogen and oxygen atoms in total. The molecule has 1 aliphatic carbocycles. The van der Waals surface area contributed by atoms with Crippen LogP contribution in [-0.4, -0.2) is 55.9 Å². The van der Waals surface area contributed by atoms with Crippen molar-refractivity contribution in [3.63, 3.8) is 0 Å². The number of hydrogen-bond acceptors (Lipinski definition) is 7. The predicted octanol–water partition coefficient (Wildman–Crippen LogP) is 2.53. The van der Waals surface area contributed by atoms with Crippen LogP contribution < -0.4 is 15.0 Å². The molecule has 2 fully saturated rings. The molecule has 2 N–H and O–H groups in total. The largest absolute Gasteiger partial charge is 0.471 e. The summed E-state index contributed by atoms with van der Waals surface area (Å²) in [5.41, 5.74) is 3.10. The summed E-state index contributed by atoms with van der Waals surface area (Å²) < 4.78 is 6.02. The normalized spacial score (nSPS) is 20.3. The first kappa shape index (κ1) is 17.4. The lowest BCUT2D eigenvalue weighted by atomic mass is 10.0. The molecular weight excluding hydrogens is 354 g/mol. The number of fused-ring (bicyclic) bond motifs is 1. The molecule has 1 saturated carbocycles. The summed E-state index contributed by atoms with van der Waals surface area (Å²) in [6, 6.07) is 5.84. The number of ether oxygens (including phenoxy) is 1. The van der Waals surface area contributed by atoms with E-state index in [0.29, 0.717) is 5.88 Å². The van der Waals surface area contributed by atoms with Crippen LogP contribution in [0.3, 0.4) is 0 Å². The minimum atomic E-state index is -0.0677. The Morgan fingerprint density at radius 3 is 2.79 bits per heavy atom. The van der Waals surface area contributed by atoms with E-state index in [1.54, 1.807) is 6.33 Å². The van der Waals surface area contributed by atoms with E-state index in [0.717, 1.165) is 60.7 Å². The fourth-order valence-corrected chi connectivity index (χ4v) is 3.63. The first-order valence-corrected chi connectivity index (χ1v) is 9.77. The van der Waals surface area contributed by atoms with Gasteiger partial charge in [-0.15, -0.1) is 0 Å². The van der Waals surface area contributed by atoms with E-state index in [1.165, 1.54) is 0 Å². The first-order valence-electron chi connectivity index (χ1n) is 9.77. The summed E-state index contributed by atoms with van der Waals surface area (Å²) in [6.07, 6.45) is 3.74. The Morgan fingerprint density at radius 1 is 1.14 bits per heavy atom. The van der Waals surface area contributed by atoms with E-state index < -0.39 is 0 Å². The average molecular weight is 379 g/mol. The highest BCUT2D eigenvalue weighted by atomic mass is 16.5. The Hall–Kier alpha value is -2.74. The molecule has 2 aliphatic rings. The van der Waals surface area contributed by atoms with Gasteiger partial charge < -0.3 is 15.0 Å². The molecule has 0 radical (unpaired) electrons. The molecule has 0 bridgehead atoms. The molecule has 8 heteroatoms. The van der Waals surface area contributed by atoms with E-state index in [2.05, 4.69) is 51.2 Å². The number of aromatic amines is 1. The topological polar surface area (TPSA) is 91.9 Å². The van der Waals surface area contributed by atoms with Crippen molar-refractivity contribution in [2.24, 2.45) is 0 Å². The molecule has 1 aliphatic heterocycles. The van der Waals surface area contributed by atoms with Gasteiger partial charge in [0.2, 0.25) is 5.88 Å². The zero-order valence-electron chi connectivity index (χ0n) is 16.5. The Morgan fingerprint density at radius 2 is 2.00 bits per heavy atom. The molecule has 146 valence electrons. The molecule has 0 atom stereocenters. The summed E-state index contributed by atoms with van der Waals surface area (Å²) in [6.45, 7) is 9.25. The van der Waals surface area contributed by atoms with Gasteiger partial charge in [-0.05, 0) is 39.7 Å². The second-order valence-corrected chi connectivity index (χ2v) is 8.66. The third kappa shape index (κ3) is 3.28. The standard InChI is InChI=1S/C20H25N7O/c1-19(2)11-27(9-8-23-19)15-10-14(21-12-22-15)18-17-13(25-26-18)4-5-16(24-17)28-20(3)6-7-20/h4-5,10,12,23H,6-9,11H2,1-3H3,(H,25,26). The quantitative estimate of drug-likeness (QED) is 0.720. The van der Waals surface area contributed by atoms with E-state index in [1.807, 2.05) is 18.2 Å². The minimum Gasteiger partial charge on any atom is -0.471 e. The van der Waals surface area contributed by atoms with Crippen LogP contribution in [0.15, 0.2) is 24.5 Å². The zero-order chi connectivity index (χ0) is 19.4. The molecule has 0 amide bonds. The summed E-state index contributed by atoms with van der Waals surface area (Å²) in [4.78, 5) is 15.9. The number of nitrogens with zero attached hydrogens (tertiary/aromatic N) is 5. The minimum absolute atomic E-state index is 0.0507. The van der Waals surface area contributed by atoms with Crippen LogP contribution in [-0.2, 0) is 0 Å². The van der Waals surface area contributed by atoms with E-state index >= 15 is 0 Å². The monoisotopic (exact) mass is 379 g/mol. The second kappa shape index (κ2) is 6.13. The van der Waals surface area contributed by atoms with Gasteiger partial charge >= 0.3 is 0 Å². The lowest BCUT2D eigenvalue weighted by Gasteiger charge is -2.39. The molecule has 5 rings (SSSR count). The Balaban J connectivity index is 1.49. The maximum atomic E-state index is 6.02. The summed E-state index contributed by atoms with van der Waals surface area (Å²) in [7, 11) is 0. The fourth-order valence-electron chi connectivity index (χ4n) is 3.63. The molecule has 0 aromatic carbocycles. The van der Waals surface area contributed by atoms with E-state index in [9.17, 15) is 0 Å². The molecule has 1 saturated heterocycles. The number of rotatable bonds is 4. The molecule has 28 heavy (non-hydrogen) atoms. The molecule has 0 spiro atoms. The SMILES string of the molecule is CC1(C)CN(c2cc(-c3n[nH]c4ccc(OC5(C)CC5)nc34)ncn2)CCN1. The lowest BCUT2D eigenvalue weighted by Crippen LogP contribution is -2.57. The van der Waals surface area contributed by atoms with Gasteiger partial charge in [-0.25, -0.2) is 15.0 Å². The third-order valence-electron chi connectivity index (χ3n) is 5.48. The second-order valence-electron chi connectivity index (χ2n) is 8.66. The van der Waals surface area contributed by atoms with Crippen molar-refractivity contribution in [2.45, 2.75) is 44.8 Å². The predicted molar refractivity (Wildman–Crippen MR) is 107 cm³/mol. The average Bonchev–Trinajstić information content (AvgIpc) is 3.24. The van der Waals surface area contributed by atoms with Gasteiger partial charge in [-0.1, -0.05) is 0 Å². The van der Waals surface area contributed by atoms with Gasteiger partial charge in [0.05, 0.1) is 11.2 Å². The van der Waals surface area contributed by atoms with E-state index in [4.69, 9.17) is 9.72 Å². The van der Waals surface area contributed by atoms with Gasteiger partial charge in [0.15, 0.2) is 0 Å².